The van der Waals surface area contributed by atoms with E-state index in [1.807, 2.05) is 32.0 Å². The highest BCUT2D eigenvalue weighted by Crippen LogP contribution is 2.22. The second-order valence-electron chi connectivity index (χ2n) is 8.10. The Morgan fingerprint density at radius 1 is 1.00 bits per heavy atom. The van der Waals surface area contributed by atoms with Gasteiger partial charge in [-0.25, -0.2) is 9.80 Å². The highest BCUT2D eigenvalue weighted by molar-refractivity contribution is 6.04. The third-order valence-corrected chi connectivity index (χ3v) is 4.92. The third kappa shape index (κ3) is 8.00. The van der Waals surface area contributed by atoms with Crippen LogP contribution in [-0.2, 0) is 30.5 Å². The van der Waals surface area contributed by atoms with Crippen LogP contribution in [0.25, 0.3) is 0 Å². The van der Waals surface area contributed by atoms with Crippen LogP contribution in [0.3, 0.4) is 0 Å². The minimum absolute atomic E-state index is 0.0559. The largest absolute Gasteiger partial charge is 0.465 e. The maximum absolute atomic E-state index is 13.0. The minimum Gasteiger partial charge on any atom is -0.465 e. The van der Waals surface area contributed by atoms with Gasteiger partial charge in [-0.3, -0.25) is 19.8 Å². The van der Waals surface area contributed by atoms with Gasteiger partial charge in [0, 0.05) is 6.42 Å². The molecule has 0 radical (unpaired) electrons. The van der Waals surface area contributed by atoms with Gasteiger partial charge in [-0.2, -0.15) is 0 Å². The van der Waals surface area contributed by atoms with Crippen molar-refractivity contribution in [2.24, 2.45) is 11.7 Å². The summed E-state index contributed by atoms with van der Waals surface area (Å²) in [7, 11) is 1.22. The number of rotatable bonds is 10. The summed E-state index contributed by atoms with van der Waals surface area (Å²) in [6.07, 6.45) is 0.316. The van der Waals surface area contributed by atoms with E-state index in [2.05, 4.69) is 5.43 Å². The molecule has 0 saturated carbocycles. The maximum atomic E-state index is 13.0. The third-order valence-electron chi connectivity index (χ3n) is 4.92. The number of ether oxygens (including phenoxy) is 2. The van der Waals surface area contributed by atoms with E-state index < -0.39 is 29.8 Å². The maximum Gasteiger partial charge on any atom is 0.340 e. The fourth-order valence-corrected chi connectivity index (χ4v) is 2.99. The number of benzene rings is 2. The molecule has 0 unspecified atom stereocenters. The van der Waals surface area contributed by atoms with E-state index in [0.29, 0.717) is 6.42 Å². The van der Waals surface area contributed by atoms with E-state index in [1.165, 1.54) is 19.2 Å². The normalized spacial score (nSPS) is 11.4. The van der Waals surface area contributed by atoms with E-state index in [9.17, 15) is 19.2 Å². The first-order valence-corrected chi connectivity index (χ1v) is 11.0. The van der Waals surface area contributed by atoms with Crippen LogP contribution in [-0.4, -0.2) is 36.9 Å². The molecule has 34 heavy (non-hydrogen) atoms. The number of esters is 2. The van der Waals surface area contributed by atoms with Crippen molar-refractivity contribution in [3.8, 4) is 0 Å². The Balaban J connectivity index is 2.12. The van der Waals surface area contributed by atoms with Crippen LogP contribution in [0.5, 0.6) is 0 Å². The Kier molecular flexibility index (Phi) is 10.2. The van der Waals surface area contributed by atoms with E-state index in [0.717, 1.165) is 10.6 Å². The van der Waals surface area contributed by atoms with E-state index >= 15 is 0 Å². The topological polar surface area (TPSA) is 128 Å². The van der Waals surface area contributed by atoms with Crippen LogP contribution in [0.1, 0.15) is 49.0 Å². The number of hydrazine groups is 1. The van der Waals surface area contributed by atoms with Gasteiger partial charge in [0.1, 0.15) is 6.61 Å². The summed E-state index contributed by atoms with van der Waals surface area (Å²) in [5.74, 6) is -2.27. The number of amides is 2. The molecule has 0 saturated heterocycles. The van der Waals surface area contributed by atoms with Crippen molar-refractivity contribution in [2.75, 3.05) is 12.1 Å². The molecule has 0 bridgehead atoms. The molecular formula is C25H31N3O6. The van der Waals surface area contributed by atoms with Crippen LogP contribution in [0, 0.1) is 5.92 Å². The average Bonchev–Trinajstić information content (AvgIpc) is 2.84. The van der Waals surface area contributed by atoms with Crippen molar-refractivity contribution in [1.82, 2.24) is 5.43 Å². The van der Waals surface area contributed by atoms with Crippen LogP contribution in [0.15, 0.2) is 54.6 Å². The fraction of sp³-hybridized carbons (Fsp3) is 0.360. The zero-order chi connectivity index (χ0) is 25.1. The lowest BCUT2D eigenvalue weighted by molar-refractivity contribution is -0.146. The van der Waals surface area contributed by atoms with E-state index in [4.69, 9.17) is 15.2 Å². The number of hydrogen-bond acceptors (Lipinski definition) is 7. The molecule has 182 valence electrons. The molecular weight excluding hydrogens is 438 g/mol. The Morgan fingerprint density at radius 3 is 2.29 bits per heavy atom. The zero-order valence-electron chi connectivity index (χ0n) is 19.7. The van der Waals surface area contributed by atoms with Gasteiger partial charge < -0.3 is 15.2 Å². The molecule has 2 aromatic carbocycles. The van der Waals surface area contributed by atoms with Gasteiger partial charge in [0.15, 0.2) is 0 Å². The molecule has 0 aliphatic carbocycles. The number of anilines is 1. The second-order valence-corrected chi connectivity index (χ2v) is 8.10. The molecule has 9 heteroatoms. The molecule has 2 rings (SSSR count). The van der Waals surface area contributed by atoms with Crippen molar-refractivity contribution >= 4 is 29.4 Å². The summed E-state index contributed by atoms with van der Waals surface area (Å²) in [5, 5.41) is 0.992. The van der Waals surface area contributed by atoms with E-state index in [1.54, 1.807) is 24.3 Å². The number of nitrogens with two attached hydrogens (primary N) is 1. The van der Waals surface area contributed by atoms with Gasteiger partial charge in [-0.1, -0.05) is 56.3 Å². The van der Waals surface area contributed by atoms with Crippen LogP contribution >= 0.6 is 0 Å². The van der Waals surface area contributed by atoms with Gasteiger partial charge in [0.25, 0.3) is 5.91 Å². The quantitative estimate of drug-likeness (QED) is 0.404. The van der Waals surface area contributed by atoms with Gasteiger partial charge in [0.2, 0.25) is 5.91 Å². The summed E-state index contributed by atoms with van der Waals surface area (Å²) in [5.41, 5.74) is 9.42. The van der Waals surface area contributed by atoms with Gasteiger partial charge >= 0.3 is 11.9 Å². The van der Waals surface area contributed by atoms with Crippen molar-refractivity contribution in [2.45, 2.75) is 45.8 Å². The summed E-state index contributed by atoms with van der Waals surface area (Å²) in [6.45, 7) is 3.99. The predicted molar refractivity (Wildman–Crippen MR) is 126 cm³/mol. The molecule has 1 atom stereocenters. The number of para-hydroxylation sites is 1. The molecule has 0 heterocycles. The molecule has 0 aromatic heterocycles. The molecule has 0 aliphatic heterocycles. The van der Waals surface area contributed by atoms with Gasteiger partial charge in [-0.05, 0) is 30.0 Å². The zero-order valence-corrected chi connectivity index (χ0v) is 19.7. The molecule has 0 spiro atoms. The number of methoxy groups -OCH3 is 1. The Morgan fingerprint density at radius 2 is 1.65 bits per heavy atom. The summed E-state index contributed by atoms with van der Waals surface area (Å²) < 4.78 is 9.97. The van der Waals surface area contributed by atoms with Crippen molar-refractivity contribution in [3.63, 3.8) is 0 Å². The van der Waals surface area contributed by atoms with Crippen LogP contribution in [0.2, 0.25) is 0 Å². The first-order valence-electron chi connectivity index (χ1n) is 11.0. The lowest BCUT2D eigenvalue weighted by Crippen LogP contribution is -2.53. The fourth-order valence-electron chi connectivity index (χ4n) is 2.99. The number of carbonyl (C=O) groups excluding carboxylic acids is 4. The number of nitrogens with one attached hydrogen (secondary N) is 1. The van der Waals surface area contributed by atoms with Crippen molar-refractivity contribution in [1.29, 1.82) is 0 Å². The van der Waals surface area contributed by atoms with Crippen LogP contribution < -0.4 is 16.2 Å². The number of hydrogen-bond donors (Lipinski definition) is 2. The Labute approximate surface area is 199 Å². The Hall–Kier alpha value is -3.72. The standard InChI is InChI=1S/C25H31N3O6/c1-17(2)13-14-22(29)28(21-12-8-7-11-19(21)25(32)33-3)27-24(31)20(26)15-23(30)34-16-18-9-5-4-6-10-18/h4-12,17,20H,13-16,26H2,1-3H3,(H,27,31)/t20-/m0/s1. The van der Waals surface area contributed by atoms with Gasteiger partial charge in [0.05, 0.1) is 30.8 Å². The smallest absolute Gasteiger partial charge is 0.340 e. The summed E-state index contributed by atoms with van der Waals surface area (Å²) in [4.78, 5) is 50.1. The predicted octanol–water partition coefficient (Wildman–Crippen LogP) is 2.73. The molecule has 2 aromatic rings. The summed E-state index contributed by atoms with van der Waals surface area (Å²) >= 11 is 0. The first-order chi connectivity index (χ1) is 16.2. The lowest BCUT2D eigenvalue weighted by atomic mass is 10.1. The molecule has 0 fully saturated rings. The molecule has 0 aliphatic rings. The van der Waals surface area contributed by atoms with Crippen molar-refractivity contribution in [3.05, 3.63) is 65.7 Å². The van der Waals surface area contributed by atoms with Crippen molar-refractivity contribution < 1.29 is 28.7 Å². The number of carbonyl (C=O) groups is 4. The SMILES string of the molecule is COC(=O)c1ccccc1N(NC(=O)[C@@H](N)CC(=O)OCc1ccccc1)C(=O)CCC(C)C. The molecule has 3 N–H and O–H groups in total. The van der Waals surface area contributed by atoms with E-state index in [-0.39, 0.29) is 36.6 Å². The minimum atomic E-state index is -1.27. The Bertz CT molecular complexity index is 993. The molecule has 2 amide bonds. The monoisotopic (exact) mass is 469 g/mol. The highest BCUT2D eigenvalue weighted by Gasteiger charge is 2.27. The molecule has 9 nitrogen and oxygen atoms in total. The second kappa shape index (κ2) is 13.1. The first kappa shape index (κ1) is 26.5. The van der Waals surface area contributed by atoms with Gasteiger partial charge in [-0.15, -0.1) is 0 Å². The average molecular weight is 470 g/mol. The lowest BCUT2D eigenvalue weighted by Gasteiger charge is -2.26. The van der Waals surface area contributed by atoms with Crippen LogP contribution in [0.4, 0.5) is 5.69 Å². The number of nitrogens with zero attached hydrogens (tertiary/aromatic N) is 1. The highest BCUT2D eigenvalue weighted by atomic mass is 16.5. The summed E-state index contributed by atoms with van der Waals surface area (Å²) in [6, 6.07) is 14.1.